The molecule has 0 amide bonds. The minimum Gasteiger partial charge on any atom is -0.385 e. The molecule has 2 nitrogen and oxygen atoms in total. The molecule has 0 bridgehead atoms. The smallest absolute Gasteiger partial charge is 0.0390 e. The molecule has 0 aliphatic heterocycles. The minimum atomic E-state index is 0.787. The molecule has 0 spiro atoms. The Morgan fingerprint density at radius 3 is 1.96 bits per heavy atom. The Kier molecular flexibility index (Phi) is 16.5. The zero-order valence-electron chi connectivity index (χ0n) is 28.3. The molecule has 0 heterocycles. The zero-order valence-corrected chi connectivity index (χ0v) is 28.3. The van der Waals surface area contributed by atoms with E-state index in [2.05, 4.69) is 150 Å². The molecule has 4 aromatic carbocycles. The Morgan fingerprint density at radius 2 is 1.37 bits per heavy atom. The van der Waals surface area contributed by atoms with Crippen molar-refractivity contribution in [2.24, 2.45) is 0 Å². The van der Waals surface area contributed by atoms with Gasteiger partial charge in [-0.25, -0.2) is 0 Å². The van der Waals surface area contributed by atoms with Crippen molar-refractivity contribution >= 4 is 39.9 Å². The Morgan fingerprint density at radius 1 is 0.739 bits per heavy atom. The molecule has 2 N–H and O–H groups in total. The summed E-state index contributed by atoms with van der Waals surface area (Å²) in [4.78, 5) is 0. The third-order valence-electron chi connectivity index (χ3n) is 7.15. The van der Waals surface area contributed by atoms with Crippen LogP contribution >= 0.6 is 0 Å². The van der Waals surface area contributed by atoms with Crippen molar-refractivity contribution in [2.45, 2.75) is 34.6 Å². The van der Waals surface area contributed by atoms with E-state index in [0.29, 0.717) is 0 Å². The van der Waals surface area contributed by atoms with Crippen molar-refractivity contribution in [3.8, 4) is 0 Å². The Hall–Kier alpha value is -5.34. The van der Waals surface area contributed by atoms with Crippen LogP contribution in [-0.2, 0) is 0 Å². The van der Waals surface area contributed by atoms with E-state index in [9.17, 15) is 0 Å². The maximum atomic E-state index is 3.69. The number of nitrogens with one attached hydrogen (secondary N) is 2. The summed E-state index contributed by atoms with van der Waals surface area (Å²) < 4.78 is 0. The molecule has 236 valence electrons. The molecule has 4 rings (SSSR count). The van der Waals surface area contributed by atoms with Crippen molar-refractivity contribution < 1.29 is 0 Å². The topological polar surface area (TPSA) is 24.1 Å². The lowest BCUT2D eigenvalue weighted by molar-refractivity contribution is 0.905. The Balaban J connectivity index is 0.000000473. The van der Waals surface area contributed by atoms with Crippen molar-refractivity contribution in [1.82, 2.24) is 5.32 Å². The van der Waals surface area contributed by atoms with Gasteiger partial charge in [0.05, 0.1) is 0 Å². The fourth-order valence-corrected chi connectivity index (χ4v) is 4.57. The van der Waals surface area contributed by atoms with E-state index in [1.807, 2.05) is 49.4 Å². The molecule has 0 radical (unpaired) electrons. The van der Waals surface area contributed by atoms with E-state index in [4.69, 9.17) is 0 Å². The van der Waals surface area contributed by atoms with Crippen LogP contribution in [0.25, 0.3) is 28.5 Å². The first-order valence-electron chi connectivity index (χ1n) is 15.6. The van der Waals surface area contributed by atoms with E-state index in [1.54, 1.807) is 12.2 Å². The quantitative estimate of drug-likeness (QED) is 0.131. The van der Waals surface area contributed by atoms with Crippen LogP contribution in [0.1, 0.15) is 49.9 Å². The van der Waals surface area contributed by atoms with E-state index < -0.39 is 0 Å². The van der Waals surface area contributed by atoms with Crippen molar-refractivity contribution in [3.63, 3.8) is 0 Å². The van der Waals surface area contributed by atoms with Gasteiger partial charge in [0.15, 0.2) is 0 Å². The number of rotatable bonds is 11. The zero-order chi connectivity index (χ0) is 33.7. The number of fused-ring (bicyclic) bond motifs is 1. The number of aryl methyl sites for hydroxylation is 1. The average molecular weight is 607 g/mol. The standard InChI is InChI=1S/C31H34N2.C10H10.C3H6/c1-6-8-9-21-32-25(5)13-19-30(23(3)7-2)26-14-16-28(17-15-26)33-29-18-20-31-24(4)11-10-12-27(31)22-29;1-3-9-7-5-6-8-10(9)4-2;1-3-2/h6-20,22,32-33H,1,21H2,2-5H3;3-8H,1-2H2;3H,1H2,2H3/b9-8-,23-7-,25-13+,30-19+;;. The molecule has 2 heteroatoms. The van der Waals surface area contributed by atoms with Gasteiger partial charge in [-0.05, 0) is 109 Å². The van der Waals surface area contributed by atoms with E-state index >= 15 is 0 Å². The molecule has 0 aliphatic rings. The molecule has 0 atom stereocenters. The summed E-state index contributed by atoms with van der Waals surface area (Å²) >= 11 is 0. The summed E-state index contributed by atoms with van der Waals surface area (Å²) in [6.45, 7) is 25.6. The van der Waals surface area contributed by atoms with Crippen molar-refractivity contribution in [3.05, 3.63) is 187 Å². The van der Waals surface area contributed by atoms with Crippen LogP contribution in [0.4, 0.5) is 11.4 Å². The summed E-state index contributed by atoms with van der Waals surface area (Å²) in [5.41, 5.74) is 10.5. The third kappa shape index (κ3) is 12.0. The maximum absolute atomic E-state index is 3.69. The molecule has 0 unspecified atom stereocenters. The largest absolute Gasteiger partial charge is 0.385 e. The highest BCUT2D eigenvalue weighted by atomic mass is 14.9. The van der Waals surface area contributed by atoms with Gasteiger partial charge in [0.2, 0.25) is 0 Å². The Labute approximate surface area is 278 Å². The minimum absolute atomic E-state index is 0.787. The number of benzene rings is 4. The van der Waals surface area contributed by atoms with Gasteiger partial charge >= 0.3 is 0 Å². The molecule has 0 saturated heterocycles. The summed E-state index contributed by atoms with van der Waals surface area (Å²) in [7, 11) is 0. The first-order valence-corrected chi connectivity index (χ1v) is 15.6. The Bertz CT molecular complexity index is 1680. The van der Waals surface area contributed by atoms with Crippen molar-refractivity contribution in [1.29, 1.82) is 0 Å². The van der Waals surface area contributed by atoms with Crippen molar-refractivity contribution in [2.75, 3.05) is 11.9 Å². The number of hydrogen-bond acceptors (Lipinski definition) is 2. The molecular weight excluding hydrogens is 556 g/mol. The second kappa shape index (κ2) is 20.6. The van der Waals surface area contributed by atoms with Gasteiger partial charge in [0, 0.05) is 23.6 Å². The fourth-order valence-electron chi connectivity index (χ4n) is 4.57. The summed E-state index contributed by atoms with van der Waals surface area (Å²) in [6.07, 6.45) is 17.7. The van der Waals surface area contributed by atoms with Crippen LogP contribution < -0.4 is 10.6 Å². The highest BCUT2D eigenvalue weighted by Crippen LogP contribution is 2.27. The number of hydrogen-bond donors (Lipinski definition) is 2. The summed E-state index contributed by atoms with van der Waals surface area (Å²) in [6, 6.07) is 29.6. The summed E-state index contributed by atoms with van der Waals surface area (Å²) in [5, 5.41) is 9.47. The van der Waals surface area contributed by atoms with E-state index in [-0.39, 0.29) is 0 Å². The molecule has 46 heavy (non-hydrogen) atoms. The van der Waals surface area contributed by atoms with Crippen LogP contribution in [0.2, 0.25) is 0 Å². The summed E-state index contributed by atoms with van der Waals surface area (Å²) in [5.74, 6) is 0. The molecule has 0 saturated carbocycles. The van der Waals surface area contributed by atoms with Gasteiger partial charge in [0.1, 0.15) is 0 Å². The van der Waals surface area contributed by atoms with Crippen LogP contribution in [0.15, 0.2) is 165 Å². The normalized spacial score (nSPS) is 11.5. The highest BCUT2D eigenvalue weighted by molar-refractivity contribution is 5.89. The molecule has 0 aliphatic carbocycles. The molecule has 0 aromatic heterocycles. The van der Waals surface area contributed by atoms with Gasteiger partial charge in [-0.3, -0.25) is 0 Å². The predicted molar refractivity (Wildman–Crippen MR) is 209 cm³/mol. The first-order chi connectivity index (χ1) is 22.3. The van der Waals surface area contributed by atoms with Gasteiger partial charge < -0.3 is 10.6 Å². The SMILES string of the molecule is C=C/C=C\CN/C(C)=C/C=C(\C(C)=C/C)c1ccc(Nc2ccc3c(C)cccc3c2)cc1.C=CC.C=Cc1ccccc1C=C. The molecule has 4 aromatic rings. The lowest BCUT2D eigenvalue weighted by Gasteiger charge is -2.12. The second-order valence-electron chi connectivity index (χ2n) is 10.6. The van der Waals surface area contributed by atoms with Crippen LogP contribution in [0.5, 0.6) is 0 Å². The lowest BCUT2D eigenvalue weighted by atomic mass is 9.98. The van der Waals surface area contributed by atoms with Gasteiger partial charge in [0.25, 0.3) is 0 Å². The highest BCUT2D eigenvalue weighted by Gasteiger charge is 2.05. The van der Waals surface area contributed by atoms with E-state index in [1.165, 1.54) is 33.0 Å². The predicted octanol–water partition coefficient (Wildman–Crippen LogP) is 12.6. The van der Waals surface area contributed by atoms with E-state index in [0.717, 1.165) is 34.7 Å². The molecular formula is C44H50N2. The van der Waals surface area contributed by atoms with Gasteiger partial charge in [-0.15, -0.1) is 6.58 Å². The average Bonchev–Trinajstić information content (AvgIpc) is 3.08. The second-order valence-corrected chi connectivity index (χ2v) is 10.6. The fraction of sp³-hybridized carbons (Fsp3) is 0.136. The van der Waals surface area contributed by atoms with Gasteiger partial charge in [-0.2, -0.15) is 0 Å². The third-order valence-corrected chi connectivity index (χ3v) is 7.15. The van der Waals surface area contributed by atoms with Gasteiger partial charge in [-0.1, -0.05) is 129 Å². The monoisotopic (exact) mass is 606 g/mol. The number of anilines is 2. The van der Waals surface area contributed by atoms with Crippen LogP contribution in [0.3, 0.4) is 0 Å². The first kappa shape index (κ1) is 36.8. The molecule has 0 fully saturated rings. The number of allylic oxidation sites excluding steroid dienone is 9. The maximum Gasteiger partial charge on any atom is 0.0390 e. The van der Waals surface area contributed by atoms with Crippen LogP contribution in [0, 0.1) is 6.92 Å². The lowest BCUT2D eigenvalue weighted by Crippen LogP contribution is -2.09. The van der Waals surface area contributed by atoms with Crippen LogP contribution in [-0.4, -0.2) is 6.54 Å².